The molecule has 0 saturated heterocycles. The van der Waals surface area contributed by atoms with Gasteiger partial charge in [0.05, 0.1) is 11.4 Å². The second-order valence-corrected chi connectivity index (χ2v) is 6.06. The van der Waals surface area contributed by atoms with E-state index < -0.39 is 0 Å². The molecule has 0 bridgehead atoms. The Balaban J connectivity index is 1.51. The average molecular weight is 313 g/mol. The fourth-order valence-electron chi connectivity index (χ4n) is 3.43. The molecule has 2 atom stereocenters. The molecule has 3 heterocycles. The van der Waals surface area contributed by atoms with Gasteiger partial charge in [-0.15, -0.1) is 0 Å². The van der Waals surface area contributed by atoms with E-state index in [9.17, 15) is 0 Å². The van der Waals surface area contributed by atoms with Gasteiger partial charge in [-0.3, -0.25) is 4.98 Å². The minimum Gasteiger partial charge on any atom is -0.470 e. The van der Waals surface area contributed by atoms with Crippen molar-refractivity contribution in [2.75, 3.05) is 0 Å². The average Bonchev–Trinajstić information content (AvgIpc) is 3.21. The number of aromatic nitrogens is 2. The molecule has 3 aromatic rings. The van der Waals surface area contributed by atoms with E-state index in [0.29, 0.717) is 5.90 Å². The van der Waals surface area contributed by atoms with Crippen LogP contribution in [-0.4, -0.2) is 22.0 Å². The summed E-state index contributed by atoms with van der Waals surface area (Å²) in [6.07, 6.45) is 2.78. The number of hydrogen-bond donors (Lipinski definition) is 0. The fourth-order valence-corrected chi connectivity index (χ4v) is 3.43. The summed E-state index contributed by atoms with van der Waals surface area (Å²) in [6.45, 7) is 0. The van der Waals surface area contributed by atoms with Crippen LogP contribution in [-0.2, 0) is 11.2 Å². The Labute approximate surface area is 139 Å². The van der Waals surface area contributed by atoms with Crippen molar-refractivity contribution in [3.05, 3.63) is 83.7 Å². The molecule has 0 saturated carbocycles. The lowest BCUT2D eigenvalue weighted by Gasteiger charge is -2.09. The van der Waals surface area contributed by atoms with Gasteiger partial charge in [0.1, 0.15) is 17.8 Å². The fraction of sp³-hybridized carbons (Fsp3) is 0.150. The Morgan fingerprint density at radius 1 is 0.833 bits per heavy atom. The monoisotopic (exact) mass is 313 g/mol. The summed E-state index contributed by atoms with van der Waals surface area (Å²) in [5, 5.41) is 0. The van der Waals surface area contributed by atoms with Gasteiger partial charge < -0.3 is 4.74 Å². The maximum Gasteiger partial charge on any atom is 0.236 e. The van der Waals surface area contributed by atoms with Gasteiger partial charge in [-0.1, -0.05) is 36.4 Å². The van der Waals surface area contributed by atoms with Gasteiger partial charge in [-0.25, -0.2) is 9.98 Å². The second-order valence-electron chi connectivity index (χ2n) is 6.06. The molecule has 0 unspecified atom stereocenters. The van der Waals surface area contributed by atoms with Gasteiger partial charge >= 0.3 is 0 Å². The third-order valence-corrected chi connectivity index (χ3v) is 4.56. The third kappa shape index (κ3) is 2.11. The van der Waals surface area contributed by atoms with Crippen molar-refractivity contribution in [3.8, 4) is 11.4 Å². The van der Waals surface area contributed by atoms with Crippen LogP contribution >= 0.6 is 0 Å². The van der Waals surface area contributed by atoms with Crippen molar-refractivity contribution < 1.29 is 4.74 Å². The first-order valence-electron chi connectivity index (χ1n) is 8.09. The number of fused-ring (bicyclic) bond motifs is 3. The van der Waals surface area contributed by atoms with Gasteiger partial charge in [-0.05, 0) is 35.4 Å². The highest BCUT2D eigenvalue weighted by atomic mass is 16.5. The molecule has 0 N–H and O–H groups in total. The summed E-state index contributed by atoms with van der Waals surface area (Å²) in [5.74, 6) is 0.636. The number of benzene rings is 1. The van der Waals surface area contributed by atoms with Crippen LogP contribution in [0.3, 0.4) is 0 Å². The first kappa shape index (κ1) is 13.4. The molecule has 1 aliphatic heterocycles. The molecule has 4 nitrogen and oxygen atoms in total. The Hall–Kier alpha value is -3.01. The van der Waals surface area contributed by atoms with Crippen LogP contribution in [0.25, 0.3) is 11.4 Å². The zero-order valence-corrected chi connectivity index (χ0v) is 13.0. The van der Waals surface area contributed by atoms with Crippen LogP contribution in [0.4, 0.5) is 0 Å². The largest absolute Gasteiger partial charge is 0.470 e. The molecular formula is C20H15N3O. The number of ether oxygens (including phenoxy) is 1. The Kier molecular flexibility index (Phi) is 2.95. The molecule has 0 fully saturated rings. The van der Waals surface area contributed by atoms with E-state index >= 15 is 0 Å². The van der Waals surface area contributed by atoms with E-state index in [4.69, 9.17) is 9.73 Å². The third-order valence-electron chi connectivity index (χ3n) is 4.56. The summed E-state index contributed by atoms with van der Waals surface area (Å²) in [7, 11) is 0. The van der Waals surface area contributed by atoms with Crippen LogP contribution in [0.1, 0.15) is 22.9 Å². The Bertz CT molecular complexity index is 936. The van der Waals surface area contributed by atoms with E-state index in [1.165, 1.54) is 11.1 Å². The minimum absolute atomic E-state index is 0.0940. The highest BCUT2D eigenvalue weighted by molar-refractivity contribution is 5.94. The zero-order valence-electron chi connectivity index (χ0n) is 13.0. The first-order valence-corrected chi connectivity index (χ1v) is 8.09. The van der Waals surface area contributed by atoms with Crippen molar-refractivity contribution in [3.63, 3.8) is 0 Å². The molecular weight excluding hydrogens is 298 g/mol. The molecule has 2 aromatic heterocycles. The van der Waals surface area contributed by atoms with E-state index in [1.807, 2.05) is 36.4 Å². The molecule has 24 heavy (non-hydrogen) atoms. The predicted octanol–water partition coefficient (Wildman–Crippen LogP) is 3.59. The lowest BCUT2D eigenvalue weighted by molar-refractivity contribution is 0.206. The summed E-state index contributed by atoms with van der Waals surface area (Å²) in [4.78, 5) is 13.9. The number of rotatable bonds is 2. The molecule has 2 aliphatic rings. The van der Waals surface area contributed by atoms with Crippen molar-refractivity contribution in [2.45, 2.75) is 18.6 Å². The maximum absolute atomic E-state index is 6.11. The minimum atomic E-state index is 0.0940. The lowest BCUT2D eigenvalue weighted by Crippen LogP contribution is -2.14. The predicted molar refractivity (Wildman–Crippen MR) is 91.8 cm³/mol. The van der Waals surface area contributed by atoms with E-state index in [1.54, 1.807) is 6.20 Å². The number of aliphatic imine (C=N–C) groups is 1. The van der Waals surface area contributed by atoms with Crippen LogP contribution in [0, 0.1) is 0 Å². The van der Waals surface area contributed by atoms with Crippen molar-refractivity contribution in [2.24, 2.45) is 4.99 Å². The SMILES string of the molecule is c1ccc(-c2cccc(C3=N[C@H]4c5ccccc5C[C@H]4O3)n2)nc1. The van der Waals surface area contributed by atoms with Gasteiger partial charge in [-0.2, -0.15) is 0 Å². The molecule has 0 amide bonds. The first-order chi connectivity index (χ1) is 11.9. The molecule has 5 rings (SSSR count). The zero-order chi connectivity index (χ0) is 15.9. The standard InChI is InChI=1S/C20H15N3O/c1-2-7-14-13(6-1)12-18-19(14)23-20(24-18)17-10-5-9-16(22-17)15-8-3-4-11-21-15/h1-11,18-19H,12H2/t18-,19+/m1/s1. The Morgan fingerprint density at radius 2 is 1.67 bits per heavy atom. The Morgan fingerprint density at radius 3 is 2.58 bits per heavy atom. The summed E-state index contributed by atoms with van der Waals surface area (Å²) >= 11 is 0. The smallest absolute Gasteiger partial charge is 0.236 e. The maximum atomic E-state index is 6.11. The van der Waals surface area contributed by atoms with E-state index in [0.717, 1.165) is 23.5 Å². The number of pyridine rings is 2. The molecule has 116 valence electrons. The van der Waals surface area contributed by atoms with Gasteiger partial charge in [0.15, 0.2) is 0 Å². The van der Waals surface area contributed by atoms with Crippen molar-refractivity contribution >= 4 is 5.90 Å². The van der Waals surface area contributed by atoms with Gasteiger partial charge in [0.2, 0.25) is 5.90 Å². The topological polar surface area (TPSA) is 47.4 Å². The number of hydrogen-bond acceptors (Lipinski definition) is 4. The normalized spacial score (nSPS) is 20.9. The molecule has 0 spiro atoms. The summed E-state index contributed by atoms with van der Waals surface area (Å²) in [5.41, 5.74) is 5.06. The van der Waals surface area contributed by atoms with Crippen LogP contribution in [0.15, 0.2) is 71.9 Å². The highest BCUT2D eigenvalue weighted by Crippen LogP contribution is 2.40. The van der Waals surface area contributed by atoms with Gasteiger partial charge in [0, 0.05) is 12.6 Å². The molecule has 4 heteroatoms. The number of nitrogens with zero attached hydrogens (tertiary/aromatic N) is 3. The van der Waals surface area contributed by atoms with Crippen LogP contribution < -0.4 is 0 Å². The van der Waals surface area contributed by atoms with Crippen molar-refractivity contribution in [1.82, 2.24) is 9.97 Å². The van der Waals surface area contributed by atoms with Crippen LogP contribution in [0.2, 0.25) is 0 Å². The van der Waals surface area contributed by atoms with Gasteiger partial charge in [0.25, 0.3) is 0 Å². The molecule has 1 aliphatic carbocycles. The summed E-state index contributed by atoms with van der Waals surface area (Å²) in [6, 6.07) is 20.2. The van der Waals surface area contributed by atoms with Crippen LogP contribution in [0.5, 0.6) is 0 Å². The van der Waals surface area contributed by atoms with E-state index in [-0.39, 0.29) is 12.1 Å². The quantitative estimate of drug-likeness (QED) is 0.726. The summed E-state index contributed by atoms with van der Waals surface area (Å²) < 4.78 is 6.11. The molecule has 0 radical (unpaired) electrons. The lowest BCUT2D eigenvalue weighted by atomic mass is 10.1. The van der Waals surface area contributed by atoms with Crippen molar-refractivity contribution in [1.29, 1.82) is 0 Å². The molecule has 1 aromatic carbocycles. The second kappa shape index (κ2) is 5.27. The van der Waals surface area contributed by atoms with E-state index in [2.05, 4.69) is 34.2 Å². The highest BCUT2D eigenvalue weighted by Gasteiger charge is 2.39.